The summed E-state index contributed by atoms with van der Waals surface area (Å²) in [4.78, 5) is 2.31. The van der Waals surface area contributed by atoms with Gasteiger partial charge in [-0.2, -0.15) is 0 Å². The minimum absolute atomic E-state index is 0.278. The fraction of sp³-hybridized carbons (Fsp3) is 0.600. The van der Waals surface area contributed by atoms with E-state index < -0.39 is 0 Å². The number of hydrogen-bond acceptors (Lipinski definition) is 3. The molecule has 0 aliphatic rings. The Hall–Kier alpha value is -1.22. The fourth-order valence-corrected chi connectivity index (χ4v) is 2.14. The third kappa shape index (κ3) is 3.39. The molecule has 0 fully saturated rings. The van der Waals surface area contributed by atoms with Gasteiger partial charge in [-0.15, -0.1) is 0 Å². The molecule has 3 heteroatoms. The monoisotopic (exact) mass is 250 g/mol. The molecule has 1 aromatic rings. The Kier molecular flexibility index (Phi) is 5.99. The molecule has 0 heterocycles. The molecule has 0 aliphatic carbocycles. The Bertz CT molecular complexity index is 366. The van der Waals surface area contributed by atoms with Crippen LogP contribution in [0.25, 0.3) is 0 Å². The first-order chi connectivity index (χ1) is 8.65. The molecule has 0 saturated carbocycles. The highest BCUT2D eigenvalue weighted by molar-refractivity contribution is 5.60. The van der Waals surface area contributed by atoms with E-state index in [1.807, 2.05) is 13.1 Å². The summed E-state index contributed by atoms with van der Waals surface area (Å²) in [6.07, 6.45) is 2.42. The van der Waals surface area contributed by atoms with Gasteiger partial charge in [0.05, 0.1) is 7.11 Å². The molecule has 1 aromatic carbocycles. The minimum atomic E-state index is 0.278. The molecule has 0 bridgehead atoms. The van der Waals surface area contributed by atoms with Crippen molar-refractivity contribution >= 4 is 5.69 Å². The van der Waals surface area contributed by atoms with Crippen LogP contribution in [0.2, 0.25) is 0 Å². The van der Waals surface area contributed by atoms with Crippen molar-refractivity contribution < 1.29 is 4.74 Å². The zero-order valence-corrected chi connectivity index (χ0v) is 12.3. The van der Waals surface area contributed by atoms with Crippen molar-refractivity contribution in [2.24, 2.45) is 0 Å². The van der Waals surface area contributed by atoms with E-state index in [9.17, 15) is 0 Å². The molecule has 0 amide bonds. The Morgan fingerprint density at radius 1 is 1.39 bits per heavy atom. The van der Waals surface area contributed by atoms with Crippen LogP contribution in [0.1, 0.15) is 38.3 Å². The second-order valence-electron chi connectivity index (χ2n) is 4.68. The molecule has 1 N–H and O–H groups in total. The minimum Gasteiger partial charge on any atom is -0.496 e. The van der Waals surface area contributed by atoms with E-state index in [-0.39, 0.29) is 6.04 Å². The van der Waals surface area contributed by atoms with Crippen molar-refractivity contribution in [1.82, 2.24) is 5.32 Å². The highest BCUT2D eigenvalue weighted by Crippen LogP contribution is 2.34. The number of rotatable bonds is 7. The Balaban J connectivity index is 3.09. The SMILES string of the molecule is CCCCN(C)c1cccc(OC)c1C(C)NC. The van der Waals surface area contributed by atoms with E-state index in [2.05, 4.69) is 43.2 Å². The molecule has 18 heavy (non-hydrogen) atoms. The summed E-state index contributed by atoms with van der Waals surface area (Å²) in [5, 5.41) is 3.30. The van der Waals surface area contributed by atoms with Crippen molar-refractivity contribution in [3.63, 3.8) is 0 Å². The summed E-state index contributed by atoms with van der Waals surface area (Å²) in [6.45, 7) is 5.46. The number of hydrogen-bond donors (Lipinski definition) is 1. The number of anilines is 1. The number of ether oxygens (including phenoxy) is 1. The van der Waals surface area contributed by atoms with Crippen molar-refractivity contribution in [3.05, 3.63) is 23.8 Å². The molecular weight excluding hydrogens is 224 g/mol. The molecule has 0 radical (unpaired) electrons. The van der Waals surface area contributed by atoms with Crippen molar-refractivity contribution in [3.8, 4) is 5.75 Å². The molecule has 1 atom stereocenters. The van der Waals surface area contributed by atoms with Gasteiger partial charge in [-0.25, -0.2) is 0 Å². The van der Waals surface area contributed by atoms with Crippen LogP contribution in [0.5, 0.6) is 5.75 Å². The van der Waals surface area contributed by atoms with Gasteiger partial charge in [-0.1, -0.05) is 19.4 Å². The standard InChI is InChI=1S/C15H26N2O/c1-6-7-11-17(4)13-9-8-10-14(18-5)15(13)12(2)16-3/h8-10,12,16H,6-7,11H2,1-5H3. The molecule has 1 unspecified atom stereocenters. The fourth-order valence-electron chi connectivity index (χ4n) is 2.14. The van der Waals surface area contributed by atoms with Gasteiger partial charge in [0.1, 0.15) is 5.75 Å². The van der Waals surface area contributed by atoms with Gasteiger partial charge in [-0.05, 0) is 32.5 Å². The number of benzene rings is 1. The lowest BCUT2D eigenvalue weighted by molar-refractivity contribution is 0.404. The maximum Gasteiger partial charge on any atom is 0.125 e. The van der Waals surface area contributed by atoms with Gasteiger partial charge >= 0.3 is 0 Å². The number of nitrogens with zero attached hydrogens (tertiary/aromatic N) is 1. The van der Waals surface area contributed by atoms with Crippen molar-refractivity contribution in [2.75, 3.05) is 32.6 Å². The maximum absolute atomic E-state index is 5.50. The maximum atomic E-state index is 5.50. The topological polar surface area (TPSA) is 24.5 Å². The average Bonchev–Trinajstić information content (AvgIpc) is 2.42. The van der Waals surface area contributed by atoms with E-state index in [1.54, 1.807) is 7.11 Å². The molecule has 102 valence electrons. The van der Waals surface area contributed by atoms with E-state index in [0.717, 1.165) is 12.3 Å². The van der Waals surface area contributed by atoms with Crippen LogP contribution in [0, 0.1) is 0 Å². The molecule has 0 saturated heterocycles. The van der Waals surface area contributed by atoms with Crippen LogP contribution in [0.15, 0.2) is 18.2 Å². The predicted molar refractivity (Wildman–Crippen MR) is 78.6 cm³/mol. The normalized spacial score (nSPS) is 12.3. The van der Waals surface area contributed by atoms with Gasteiger partial charge in [0.2, 0.25) is 0 Å². The summed E-state index contributed by atoms with van der Waals surface area (Å²) in [5.74, 6) is 0.956. The highest BCUT2D eigenvalue weighted by atomic mass is 16.5. The Labute approximate surface area is 111 Å². The molecular formula is C15H26N2O. The molecule has 0 aromatic heterocycles. The first-order valence-electron chi connectivity index (χ1n) is 6.71. The van der Waals surface area contributed by atoms with Crippen molar-refractivity contribution in [2.45, 2.75) is 32.7 Å². The second-order valence-corrected chi connectivity index (χ2v) is 4.68. The largest absolute Gasteiger partial charge is 0.496 e. The van der Waals surface area contributed by atoms with E-state index in [4.69, 9.17) is 4.74 Å². The van der Waals surface area contributed by atoms with Crippen LogP contribution in [-0.2, 0) is 0 Å². The second kappa shape index (κ2) is 7.27. The first-order valence-corrected chi connectivity index (χ1v) is 6.71. The molecule has 0 spiro atoms. The third-order valence-corrected chi connectivity index (χ3v) is 3.39. The predicted octanol–water partition coefficient (Wildman–Crippen LogP) is 3.21. The highest BCUT2D eigenvalue weighted by Gasteiger charge is 2.16. The summed E-state index contributed by atoms with van der Waals surface area (Å²) in [6, 6.07) is 6.53. The number of methoxy groups -OCH3 is 1. The molecule has 0 aliphatic heterocycles. The van der Waals surface area contributed by atoms with Crippen LogP contribution in [-0.4, -0.2) is 27.7 Å². The average molecular weight is 250 g/mol. The van der Waals surface area contributed by atoms with Gasteiger partial charge in [0.15, 0.2) is 0 Å². The van der Waals surface area contributed by atoms with Gasteiger partial charge in [0.25, 0.3) is 0 Å². The quantitative estimate of drug-likeness (QED) is 0.804. The summed E-state index contributed by atoms with van der Waals surface area (Å²) in [5.41, 5.74) is 2.49. The Morgan fingerprint density at radius 2 is 2.11 bits per heavy atom. The van der Waals surface area contributed by atoms with Crippen LogP contribution >= 0.6 is 0 Å². The van der Waals surface area contributed by atoms with E-state index in [0.29, 0.717) is 0 Å². The molecule has 1 rings (SSSR count). The van der Waals surface area contributed by atoms with Crippen LogP contribution < -0.4 is 15.0 Å². The van der Waals surface area contributed by atoms with Gasteiger partial charge < -0.3 is 15.0 Å². The number of unbranched alkanes of at least 4 members (excludes halogenated alkanes) is 1. The zero-order chi connectivity index (χ0) is 13.5. The summed E-state index contributed by atoms with van der Waals surface area (Å²) < 4.78 is 5.50. The summed E-state index contributed by atoms with van der Waals surface area (Å²) >= 11 is 0. The van der Waals surface area contributed by atoms with E-state index in [1.165, 1.54) is 24.1 Å². The summed E-state index contributed by atoms with van der Waals surface area (Å²) in [7, 11) is 5.86. The smallest absolute Gasteiger partial charge is 0.125 e. The van der Waals surface area contributed by atoms with Crippen LogP contribution in [0.3, 0.4) is 0 Å². The van der Waals surface area contributed by atoms with Crippen molar-refractivity contribution in [1.29, 1.82) is 0 Å². The van der Waals surface area contributed by atoms with Gasteiger partial charge in [0, 0.05) is 30.9 Å². The van der Waals surface area contributed by atoms with E-state index >= 15 is 0 Å². The lowest BCUT2D eigenvalue weighted by Crippen LogP contribution is -2.23. The first kappa shape index (κ1) is 14.8. The lowest BCUT2D eigenvalue weighted by Gasteiger charge is -2.26. The van der Waals surface area contributed by atoms with Crippen LogP contribution in [0.4, 0.5) is 5.69 Å². The number of nitrogens with one attached hydrogen (secondary N) is 1. The zero-order valence-electron chi connectivity index (χ0n) is 12.3. The van der Waals surface area contributed by atoms with Gasteiger partial charge in [-0.3, -0.25) is 0 Å². The lowest BCUT2D eigenvalue weighted by atomic mass is 10.0. The third-order valence-electron chi connectivity index (χ3n) is 3.39. The molecule has 3 nitrogen and oxygen atoms in total. The Morgan fingerprint density at radius 3 is 2.67 bits per heavy atom.